The summed E-state index contributed by atoms with van der Waals surface area (Å²) in [7, 11) is 0. The quantitative estimate of drug-likeness (QED) is 0.541. The van der Waals surface area contributed by atoms with E-state index in [1.165, 1.54) is 12.1 Å². The molecule has 0 saturated heterocycles. The molecular weight excluding hydrogens is 287 g/mol. The number of fused-ring (bicyclic) bond motifs is 1. The molecule has 6 heteroatoms. The standard InChI is InChI=1S/C10H5BrF3NO/c11-8-2-1-6-3-7(10(12,13)14)5-15(16)9(6)4-8/h1-5H. The van der Waals surface area contributed by atoms with Crippen LogP contribution in [0, 0.1) is 5.21 Å². The normalized spacial score (nSPS) is 12.0. The second kappa shape index (κ2) is 3.62. The highest BCUT2D eigenvalue weighted by atomic mass is 79.9. The van der Waals surface area contributed by atoms with Gasteiger partial charge in [-0.15, -0.1) is 0 Å². The average Bonchev–Trinajstić information content (AvgIpc) is 2.17. The van der Waals surface area contributed by atoms with E-state index in [0.29, 0.717) is 10.7 Å². The van der Waals surface area contributed by atoms with Crippen LogP contribution in [0.15, 0.2) is 34.9 Å². The Morgan fingerprint density at radius 1 is 1.19 bits per heavy atom. The summed E-state index contributed by atoms with van der Waals surface area (Å²) in [6, 6.07) is 5.48. The van der Waals surface area contributed by atoms with Crippen molar-refractivity contribution in [2.24, 2.45) is 0 Å². The molecule has 2 nitrogen and oxygen atoms in total. The summed E-state index contributed by atoms with van der Waals surface area (Å²) in [5.41, 5.74) is -0.750. The van der Waals surface area contributed by atoms with Crippen LogP contribution in [0.2, 0.25) is 0 Å². The van der Waals surface area contributed by atoms with Crippen molar-refractivity contribution in [2.75, 3.05) is 0 Å². The molecule has 0 amide bonds. The second-order valence-corrected chi connectivity index (χ2v) is 4.17. The second-order valence-electron chi connectivity index (χ2n) is 3.26. The zero-order valence-electron chi connectivity index (χ0n) is 7.75. The third-order valence-corrected chi connectivity index (χ3v) is 2.62. The Bertz CT molecular complexity index is 553. The minimum Gasteiger partial charge on any atom is -0.618 e. The Balaban J connectivity index is 2.74. The topological polar surface area (TPSA) is 26.9 Å². The van der Waals surface area contributed by atoms with Gasteiger partial charge in [0.2, 0.25) is 5.52 Å². The van der Waals surface area contributed by atoms with E-state index in [0.717, 1.165) is 6.07 Å². The van der Waals surface area contributed by atoms with Crippen LogP contribution >= 0.6 is 15.9 Å². The van der Waals surface area contributed by atoms with Crippen molar-refractivity contribution in [3.63, 3.8) is 0 Å². The van der Waals surface area contributed by atoms with Gasteiger partial charge in [-0.3, -0.25) is 0 Å². The van der Waals surface area contributed by atoms with Crippen LogP contribution in [0.1, 0.15) is 5.56 Å². The van der Waals surface area contributed by atoms with Gasteiger partial charge < -0.3 is 5.21 Å². The van der Waals surface area contributed by atoms with Crippen LogP contribution in [-0.4, -0.2) is 0 Å². The lowest BCUT2D eigenvalue weighted by Crippen LogP contribution is -2.28. The smallest absolute Gasteiger partial charge is 0.422 e. The highest BCUT2D eigenvalue weighted by Crippen LogP contribution is 2.30. The van der Waals surface area contributed by atoms with E-state index in [1.807, 2.05) is 0 Å². The van der Waals surface area contributed by atoms with Gasteiger partial charge in [-0.1, -0.05) is 15.9 Å². The molecule has 0 atom stereocenters. The van der Waals surface area contributed by atoms with Crippen molar-refractivity contribution >= 4 is 26.8 Å². The molecule has 0 aliphatic heterocycles. The Labute approximate surface area is 97.0 Å². The first kappa shape index (κ1) is 11.2. The van der Waals surface area contributed by atoms with E-state index in [4.69, 9.17) is 0 Å². The third kappa shape index (κ3) is 1.97. The number of rotatable bonds is 0. The van der Waals surface area contributed by atoms with Crippen molar-refractivity contribution in [2.45, 2.75) is 6.18 Å². The van der Waals surface area contributed by atoms with E-state index in [-0.39, 0.29) is 15.6 Å². The fourth-order valence-corrected chi connectivity index (χ4v) is 1.73. The number of aromatic nitrogens is 1. The van der Waals surface area contributed by atoms with Gasteiger partial charge in [-0.05, 0) is 18.2 Å². The fourth-order valence-electron chi connectivity index (χ4n) is 1.39. The number of alkyl halides is 3. The molecule has 2 aromatic rings. The van der Waals surface area contributed by atoms with Crippen molar-refractivity contribution in [3.05, 3.63) is 45.7 Å². The van der Waals surface area contributed by atoms with Gasteiger partial charge >= 0.3 is 6.18 Å². The molecule has 84 valence electrons. The molecule has 16 heavy (non-hydrogen) atoms. The highest BCUT2D eigenvalue weighted by Gasteiger charge is 2.33. The number of pyridine rings is 1. The molecule has 1 heterocycles. The monoisotopic (exact) mass is 291 g/mol. The maximum absolute atomic E-state index is 12.4. The molecule has 0 N–H and O–H groups in total. The van der Waals surface area contributed by atoms with E-state index in [9.17, 15) is 18.4 Å². The van der Waals surface area contributed by atoms with Gasteiger partial charge in [-0.2, -0.15) is 17.9 Å². The first-order valence-electron chi connectivity index (χ1n) is 4.27. The molecule has 0 fully saturated rings. The minimum absolute atomic E-state index is 0.197. The molecule has 0 saturated carbocycles. The largest absolute Gasteiger partial charge is 0.618 e. The molecule has 0 radical (unpaired) electrons. The maximum Gasteiger partial charge on any atom is 0.422 e. The Morgan fingerprint density at radius 3 is 2.50 bits per heavy atom. The Hall–Kier alpha value is -1.30. The molecule has 0 spiro atoms. The van der Waals surface area contributed by atoms with Crippen molar-refractivity contribution in [1.82, 2.24) is 0 Å². The lowest BCUT2D eigenvalue weighted by Gasteiger charge is -2.08. The third-order valence-electron chi connectivity index (χ3n) is 2.12. The van der Waals surface area contributed by atoms with Crippen LogP contribution in [0.25, 0.3) is 10.9 Å². The predicted octanol–water partition coefficient (Wildman–Crippen LogP) is 3.25. The van der Waals surface area contributed by atoms with Crippen molar-refractivity contribution < 1.29 is 17.9 Å². The summed E-state index contributed by atoms with van der Waals surface area (Å²) in [6.07, 6.45) is -3.97. The minimum atomic E-state index is -4.51. The Morgan fingerprint density at radius 2 is 1.88 bits per heavy atom. The van der Waals surface area contributed by atoms with Gasteiger partial charge in [0.05, 0.1) is 0 Å². The van der Waals surface area contributed by atoms with E-state index in [2.05, 4.69) is 15.9 Å². The van der Waals surface area contributed by atoms with Crippen LogP contribution in [0.3, 0.4) is 0 Å². The molecular formula is C10H5BrF3NO. The van der Waals surface area contributed by atoms with Gasteiger partial charge in [0.15, 0.2) is 6.20 Å². The molecule has 0 aliphatic carbocycles. The number of benzene rings is 1. The summed E-state index contributed by atoms with van der Waals surface area (Å²) in [4.78, 5) is 0. The zero-order chi connectivity index (χ0) is 11.9. The zero-order valence-corrected chi connectivity index (χ0v) is 9.34. The summed E-state index contributed by atoms with van der Waals surface area (Å²) in [5.74, 6) is 0. The number of nitrogens with zero attached hydrogens (tertiary/aromatic N) is 1. The van der Waals surface area contributed by atoms with Gasteiger partial charge in [-0.25, -0.2) is 0 Å². The maximum atomic E-state index is 12.4. The Kier molecular flexibility index (Phi) is 2.53. The summed E-state index contributed by atoms with van der Waals surface area (Å²) in [6.45, 7) is 0. The number of hydrogen-bond acceptors (Lipinski definition) is 1. The van der Waals surface area contributed by atoms with Gasteiger partial charge in [0.1, 0.15) is 5.56 Å². The fraction of sp³-hybridized carbons (Fsp3) is 0.100. The summed E-state index contributed by atoms with van der Waals surface area (Å²) >= 11 is 3.15. The first-order chi connectivity index (χ1) is 7.38. The first-order valence-corrected chi connectivity index (χ1v) is 5.07. The van der Waals surface area contributed by atoms with Crippen molar-refractivity contribution in [1.29, 1.82) is 0 Å². The molecule has 0 aliphatic rings. The van der Waals surface area contributed by atoms with Crippen LogP contribution in [0.4, 0.5) is 13.2 Å². The SMILES string of the molecule is [O-][n+]1cc(C(F)(F)F)cc2ccc(Br)cc21. The number of halogens is 4. The lowest BCUT2D eigenvalue weighted by molar-refractivity contribution is -0.578. The molecule has 1 aromatic carbocycles. The van der Waals surface area contributed by atoms with Gasteiger partial charge in [0.25, 0.3) is 0 Å². The van der Waals surface area contributed by atoms with E-state index in [1.54, 1.807) is 6.07 Å². The predicted molar refractivity (Wildman–Crippen MR) is 55.6 cm³/mol. The van der Waals surface area contributed by atoms with Crippen LogP contribution < -0.4 is 4.73 Å². The number of hydrogen-bond donors (Lipinski definition) is 0. The van der Waals surface area contributed by atoms with E-state index < -0.39 is 11.7 Å². The summed E-state index contributed by atoms with van der Waals surface area (Å²) in [5, 5.41) is 11.7. The van der Waals surface area contributed by atoms with Crippen LogP contribution in [0.5, 0.6) is 0 Å². The lowest BCUT2D eigenvalue weighted by atomic mass is 10.1. The van der Waals surface area contributed by atoms with E-state index >= 15 is 0 Å². The molecule has 0 bridgehead atoms. The molecule has 0 unspecified atom stereocenters. The van der Waals surface area contributed by atoms with Crippen molar-refractivity contribution in [3.8, 4) is 0 Å². The van der Waals surface area contributed by atoms with Gasteiger partial charge in [0, 0.05) is 15.9 Å². The van der Waals surface area contributed by atoms with Crippen LogP contribution in [-0.2, 0) is 6.18 Å². The summed E-state index contributed by atoms with van der Waals surface area (Å²) < 4.78 is 38.1. The molecule has 2 rings (SSSR count). The average molecular weight is 292 g/mol. The molecule has 1 aromatic heterocycles. The highest BCUT2D eigenvalue weighted by molar-refractivity contribution is 9.10.